The van der Waals surface area contributed by atoms with Crippen molar-refractivity contribution in [2.75, 3.05) is 30.3 Å². The van der Waals surface area contributed by atoms with Crippen LogP contribution in [-0.4, -0.2) is 35.2 Å². The summed E-state index contributed by atoms with van der Waals surface area (Å²) < 4.78 is 1.34. The molecular formula is C12H17N7. The minimum atomic E-state index is 0.402. The van der Waals surface area contributed by atoms with Crippen LogP contribution in [0.4, 0.5) is 11.6 Å². The van der Waals surface area contributed by atoms with E-state index in [2.05, 4.69) is 20.7 Å². The fraction of sp³-hybridized carbons (Fsp3) is 0.250. The van der Waals surface area contributed by atoms with Crippen LogP contribution in [0.3, 0.4) is 0 Å². The Bertz CT molecular complexity index is 568. The van der Waals surface area contributed by atoms with Gasteiger partial charge in [0.2, 0.25) is 0 Å². The molecule has 0 amide bonds. The molecule has 7 heteroatoms. The van der Waals surface area contributed by atoms with Gasteiger partial charge in [-0.05, 0) is 24.6 Å². The van der Waals surface area contributed by atoms with Crippen LogP contribution in [0.2, 0.25) is 0 Å². The van der Waals surface area contributed by atoms with E-state index in [0.717, 1.165) is 11.3 Å². The van der Waals surface area contributed by atoms with Gasteiger partial charge in [0.1, 0.15) is 0 Å². The van der Waals surface area contributed by atoms with Crippen LogP contribution in [0.5, 0.6) is 0 Å². The van der Waals surface area contributed by atoms with Crippen LogP contribution in [0, 0.1) is 6.92 Å². The summed E-state index contributed by atoms with van der Waals surface area (Å²) in [4.78, 5) is 2.04. The normalized spacial score (nSPS) is 10.9. The van der Waals surface area contributed by atoms with Crippen molar-refractivity contribution in [1.82, 2.24) is 14.9 Å². The van der Waals surface area contributed by atoms with Crippen molar-refractivity contribution < 1.29 is 0 Å². The van der Waals surface area contributed by atoms with Crippen molar-refractivity contribution >= 4 is 17.9 Å². The molecule has 0 saturated heterocycles. The zero-order chi connectivity index (χ0) is 13.8. The molecule has 0 fully saturated rings. The quantitative estimate of drug-likeness (QED) is 0.482. The molecule has 19 heavy (non-hydrogen) atoms. The van der Waals surface area contributed by atoms with Crippen LogP contribution in [0.1, 0.15) is 11.4 Å². The lowest BCUT2D eigenvalue weighted by atomic mass is 10.2. The molecule has 2 rings (SSSR count). The summed E-state index contributed by atoms with van der Waals surface area (Å²) in [6, 6.07) is 8.02. The number of aromatic nitrogens is 3. The fourth-order valence-corrected chi connectivity index (χ4v) is 1.47. The molecule has 0 atom stereocenters. The van der Waals surface area contributed by atoms with Crippen molar-refractivity contribution in [3.63, 3.8) is 0 Å². The minimum absolute atomic E-state index is 0.402. The van der Waals surface area contributed by atoms with Gasteiger partial charge in [-0.3, -0.25) is 0 Å². The van der Waals surface area contributed by atoms with Gasteiger partial charge in [0, 0.05) is 19.8 Å². The average molecular weight is 259 g/mol. The second-order valence-electron chi connectivity index (χ2n) is 4.30. The molecule has 3 N–H and O–H groups in total. The van der Waals surface area contributed by atoms with Crippen molar-refractivity contribution in [2.24, 2.45) is 5.10 Å². The Labute approximate surface area is 111 Å². The average Bonchev–Trinajstić information content (AvgIpc) is 2.71. The molecule has 7 nitrogen and oxygen atoms in total. The summed E-state index contributed by atoms with van der Waals surface area (Å²) >= 11 is 0. The molecular weight excluding hydrogens is 242 g/mol. The highest BCUT2D eigenvalue weighted by Gasteiger charge is 2.02. The first-order chi connectivity index (χ1) is 9.08. The maximum atomic E-state index is 5.68. The highest BCUT2D eigenvalue weighted by molar-refractivity contribution is 5.80. The highest BCUT2D eigenvalue weighted by atomic mass is 15.5. The van der Waals surface area contributed by atoms with Gasteiger partial charge in [0.05, 0.1) is 6.21 Å². The Hall–Kier alpha value is -2.57. The highest BCUT2D eigenvalue weighted by Crippen LogP contribution is 2.11. The van der Waals surface area contributed by atoms with Gasteiger partial charge in [-0.2, -0.15) is 5.10 Å². The van der Waals surface area contributed by atoms with Gasteiger partial charge in [-0.25, -0.2) is 10.1 Å². The first-order valence-electron chi connectivity index (χ1n) is 5.81. The molecule has 0 unspecified atom stereocenters. The molecule has 1 aromatic carbocycles. The third kappa shape index (κ3) is 3.01. The van der Waals surface area contributed by atoms with E-state index in [9.17, 15) is 0 Å². The zero-order valence-electron chi connectivity index (χ0n) is 11.2. The lowest BCUT2D eigenvalue weighted by Gasteiger charge is -2.11. The molecule has 0 bridgehead atoms. The first-order valence-corrected chi connectivity index (χ1v) is 5.81. The van der Waals surface area contributed by atoms with Gasteiger partial charge in [0.15, 0.2) is 5.82 Å². The molecule has 0 spiro atoms. The van der Waals surface area contributed by atoms with Gasteiger partial charge in [-0.15, -0.1) is 10.2 Å². The predicted octanol–water partition coefficient (Wildman–Crippen LogP) is 0.812. The van der Waals surface area contributed by atoms with Crippen molar-refractivity contribution in [2.45, 2.75) is 6.92 Å². The zero-order valence-corrected chi connectivity index (χ0v) is 11.2. The van der Waals surface area contributed by atoms with E-state index < -0.39 is 0 Å². The van der Waals surface area contributed by atoms with Crippen LogP contribution in [0.25, 0.3) is 0 Å². The third-order valence-corrected chi connectivity index (χ3v) is 2.65. The summed E-state index contributed by atoms with van der Waals surface area (Å²) in [5.41, 5.74) is 4.87. The monoisotopic (exact) mass is 259 g/mol. The number of nitrogens with one attached hydrogen (secondary N) is 1. The molecule has 0 aliphatic carbocycles. The summed E-state index contributed by atoms with van der Waals surface area (Å²) in [5, 5.41) is 11.7. The molecule has 1 aromatic heterocycles. The van der Waals surface area contributed by atoms with E-state index in [1.54, 1.807) is 13.1 Å². The standard InChI is InChI=1S/C12H17N7/c1-9-15-17-12(19(9)13)16-14-8-10-4-6-11(7-5-10)18(2)3/h4-8H,13H2,1-3H3,(H,16,17)/b14-8-. The molecule has 1 heterocycles. The van der Waals surface area contributed by atoms with Crippen molar-refractivity contribution in [1.29, 1.82) is 0 Å². The lowest BCUT2D eigenvalue weighted by molar-refractivity contribution is 0.926. The Balaban J connectivity index is 2.01. The Morgan fingerprint density at radius 2 is 1.95 bits per heavy atom. The maximum Gasteiger partial charge on any atom is 0.263 e. The third-order valence-electron chi connectivity index (χ3n) is 2.65. The minimum Gasteiger partial charge on any atom is -0.378 e. The Kier molecular flexibility index (Phi) is 3.65. The number of nitrogens with zero attached hydrogens (tertiary/aromatic N) is 5. The van der Waals surface area contributed by atoms with Gasteiger partial charge in [0.25, 0.3) is 5.95 Å². The smallest absolute Gasteiger partial charge is 0.263 e. The van der Waals surface area contributed by atoms with Crippen LogP contribution < -0.4 is 16.2 Å². The lowest BCUT2D eigenvalue weighted by Crippen LogP contribution is -2.13. The van der Waals surface area contributed by atoms with Gasteiger partial charge < -0.3 is 10.7 Å². The topological polar surface area (TPSA) is 84.4 Å². The molecule has 0 aliphatic rings. The summed E-state index contributed by atoms with van der Waals surface area (Å²) in [7, 11) is 4.00. The van der Waals surface area contributed by atoms with E-state index in [0.29, 0.717) is 11.8 Å². The predicted molar refractivity (Wildman–Crippen MR) is 76.9 cm³/mol. The van der Waals surface area contributed by atoms with Crippen LogP contribution in [0.15, 0.2) is 29.4 Å². The van der Waals surface area contributed by atoms with Crippen LogP contribution >= 0.6 is 0 Å². The Morgan fingerprint density at radius 1 is 1.26 bits per heavy atom. The number of benzene rings is 1. The van der Waals surface area contributed by atoms with E-state index in [1.165, 1.54) is 4.68 Å². The van der Waals surface area contributed by atoms with E-state index >= 15 is 0 Å². The number of nitrogens with two attached hydrogens (primary N) is 1. The van der Waals surface area contributed by atoms with Gasteiger partial charge >= 0.3 is 0 Å². The van der Waals surface area contributed by atoms with E-state index in [-0.39, 0.29) is 0 Å². The number of aryl methyl sites for hydroxylation is 1. The number of hydrogen-bond acceptors (Lipinski definition) is 6. The molecule has 100 valence electrons. The Morgan fingerprint density at radius 3 is 2.47 bits per heavy atom. The largest absolute Gasteiger partial charge is 0.378 e. The molecule has 2 aromatic rings. The number of nitrogen functional groups attached to an aromatic ring is 1. The maximum absolute atomic E-state index is 5.68. The van der Waals surface area contributed by atoms with Crippen molar-refractivity contribution in [3.8, 4) is 0 Å². The summed E-state index contributed by atoms with van der Waals surface area (Å²) in [5.74, 6) is 6.71. The second-order valence-corrected chi connectivity index (χ2v) is 4.30. The van der Waals surface area contributed by atoms with Crippen LogP contribution in [-0.2, 0) is 0 Å². The van der Waals surface area contributed by atoms with Crippen molar-refractivity contribution in [3.05, 3.63) is 35.7 Å². The SMILES string of the molecule is Cc1nnc(N/N=C\c2ccc(N(C)C)cc2)n1N. The second kappa shape index (κ2) is 5.38. The van der Waals surface area contributed by atoms with E-state index in [4.69, 9.17) is 5.84 Å². The fourth-order valence-electron chi connectivity index (χ4n) is 1.47. The number of hydrogen-bond donors (Lipinski definition) is 2. The summed E-state index contributed by atoms with van der Waals surface area (Å²) in [6.07, 6.45) is 1.70. The van der Waals surface area contributed by atoms with E-state index in [1.807, 2.05) is 43.3 Å². The number of anilines is 2. The molecule has 0 radical (unpaired) electrons. The summed E-state index contributed by atoms with van der Waals surface area (Å²) in [6.45, 7) is 1.77. The molecule has 0 aliphatic heterocycles. The van der Waals surface area contributed by atoms with Gasteiger partial charge in [-0.1, -0.05) is 12.1 Å². The number of hydrazone groups is 1. The molecule has 0 saturated carbocycles. The first kappa shape index (κ1) is 12.9. The number of rotatable bonds is 4.